The van der Waals surface area contributed by atoms with Crippen LogP contribution in [0.2, 0.25) is 0 Å². The Hall–Kier alpha value is -4.67. The van der Waals surface area contributed by atoms with Gasteiger partial charge in [0.15, 0.2) is 16.9 Å². The number of aromatic nitrogens is 1. The van der Waals surface area contributed by atoms with E-state index in [1.165, 1.54) is 33.8 Å². The fraction of sp³-hybridized carbons (Fsp3) is 0.324. The average molecular weight is 738 g/mol. The highest BCUT2D eigenvalue weighted by atomic mass is 32.2. The number of anilines is 1. The zero-order valence-electron chi connectivity index (χ0n) is 27.6. The van der Waals surface area contributed by atoms with Gasteiger partial charge in [-0.1, -0.05) is 72.7 Å². The van der Waals surface area contributed by atoms with Crippen LogP contribution in [-0.4, -0.2) is 80.9 Å². The molecular formula is C34H35N5O8S3. The van der Waals surface area contributed by atoms with E-state index >= 15 is 0 Å². The van der Waals surface area contributed by atoms with Gasteiger partial charge in [0, 0.05) is 16.0 Å². The molecule has 1 fully saturated rings. The van der Waals surface area contributed by atoms with Crippen molar-refractivity contribution >= 4 is 75.9 Å². The summed E-state index contributed by atoms with van der Waals surface area (Å²) >= 11 is 3.89. The zero-order chi connectivity index (χ0) is 35.8. The molecule has 0 bridgehead atoms. The van der Waals surface area contributed by atoms with Crippen LogP contribution < -0.4 is 10.6 Å². The number of hydrogen-bond acceptors (Lipinski definition) is 13. The Balaban J connectivity index is 1.36. The van der Waals surface area contributed by atoms with Gasteiger partial charge in [-0.25, -0.2) is 14.6 Å². The van der Waals surface area contributed by atoms with Crippen molar-refractivity contribution in [3.05, 3.63) is 93.5 Å². The first kappa shape index (κ1) is 36.6. The Bertz CT molecular complexity index is 1750. The van der Waals surface area contributed by atoms with Crippen LogP contribution in [-0.2, 0) is 38.3 Å². The molecule has 16 heteroatoms. The van der Waals surface area contributed by atoms with Crippen molar-refractivity contribution in [2.75, 3.05) is 23.4 Å². The van der Waals surface area contributed by atoms with Gasteiger partial charge in [0.1, 0.15) is 28.4 Å². The number of ether oxygens (including phenoxy) is 2. The summed E-state index contributed by atoms with van der Waals surface area (Å²) in [7, 11) is 0. The van der Waals surface area contributed by atoms with Gasteiger partial charge in [0.2, 0.25) is 13.0 Å². The molecule has 50 heavy (non-hydrogen) atoms. The van der Waals surface area contributed by atoms with E-state index in [1.807, 2.05) is 67.6 Å². The molecule has 1 unspecified atom stereocenters. The maximum Gasteiger partial charge on any atom is 0.356 e. The molecular weight excluding hydrogens is 703 g/mol. The number of hydrogen-bond donors (Lipinski definition) is 2. The van der Waals surface area contributed by atoms with Gasteiger partial charge >= 0.3 is 11.9 Å². The molecule has 1 saturated heterocycles. The molecule has 5 rings (SSSR count). The Morgan fingerprint density at radius 1 is 1.10 bits per heavy atom. The van der Waals surface area contributed by atoms with Crippen LogP contribution in [0, 0.1) is 0 Å². The van der Waals surface area contributed by atoms with Crippen molar-refractivity contribution in [3.8, 4) is 0 Å². The first-order valence-corrected chi connectivity index (χ1v) is 18.4. The number of fused-ring (bicyclic) bond motifs is 1. The highest BCUT2D eigenvalue weighted by Crippen LogP contribution is 2.44. The molecule has 3 heterocycles. The molecule has 3 amide bonds. The quantitative estimate of drug-likeness (QED) is 0.0789. The Morgan fingerprint density at radius 3 is 2.36 bits per heavy atom. The van der Waals surface area contributed by atoms with Crippen LogP contribution in [0.15, 0.2) is 81.8 Å². The molecule has 2 aliphatic rings. The first-order chi connectivity index (χ1) is 24.0. The van der Waals surface area contributed by atoms with Gasteiger partial charge in [-0.3, -0.25) is 19.3 Å². The highest BCUT2D eigenvalue weighted by Gasteiger charge is 2.55. The van der Waals surface area contributed by atoms with Crippen molar-refractivity contribution in [2.45, 2.75) is 50.8 Å². The first-order valence-electron chi connectivity index (χ1n) is 15.5. The number of thioether (sulfide) groups is 2. The highest BCUT2D eigenvalue weighted by molar-refractivity contribution is 8.06. The number of esters is 2. The molecule has 0 saturated carbocycles. The van der Waals surface area contributed by atoms with E-state index in [4.69, 9.17) is 14.3 Å². The summed E-state index contributed by atoms with van der Waals surface area (Å²) < 4.78 is 11.4. The van der Waals surface area contributed by atoms with Crippen LogP contribution in [0.3, 0.4) is 0 Å². The standard InChI is InChI=1S/C34H35N5O8S3/c1-5-48-23-18-49-31-26(37-29(42)25(22-17-50-33(36-22)35-19-40)38-45-16-24(41)47-34(2,3)4)30(43)39(31)27(23)32(44)46-28(20-12-8-6-9-13-20)21-14-10-7-11-15-21/h6-15,17,19,26,28,31H,5,16,18H2,1-4H3,(H,37,42)(H,35,36,40)/b38-25+/t26?,31-/m1/s1. The second kappa shape index (κ2) is 16.4. The van der Waals surface area contributed by atoms with E-state index in [0.29, 0.717) is 22.8 Å². The molecule has 0 aliphatic carbocycles. The van der Waals surface area contributed by atoms with Crippen LogP contribution >= 0.6 is 34.9 Å². The van der Waals surface area contributed by atoms with E-state index in [2.05, 4.69) is 20.8 Å². The number of nitrogens with zero attached hydrogens (tertiary/aromatic N) is 3. The maximum absolute atomic E-state index is 14.0. The SMILES string of the molecule is CCSC1=C(C(=O)OC(c2ccccc2)c2ccccc2)N2C(=O)C(NC(=O)/C(=N/OCC(=O)OC(C)(C)C)c3csc(NC=O)n3)[C@H]2SC1. The smallest absolute Gasteiger partial charge is 0.356 e. The number of carbonyl (C=O) groups excluding carboxylic acids is 5. The molecule has 2 N–H and O–H groups in total. The molecule has 1 aromatic heterocycles. The number of amides is 3. The summed E-state index contributed by atoms with van der Waals surface area (Å²) in [5.74, 6) is -1.61. The summed E-state index contributed by atoms with van der Waals surface area (Å²) in [5, 5.41) is 10.00. The summed E-state index contributed by atoms with van der Waals surface area (Å²) in [6.45, 7) is 6.45. The Labute approximate surface area is 301 Å². The van der Waals surface area contributed by atoms with E-state index in [1.54, 1.807) is 20.8 Å². The lowest BCUT2D eigenvalue weighted by molar-refractivity contribution is -0.160. The number of carbonyl (C=O) groups is 5. The minimum absolute atomic E-state index is 0.0413. The van der Waals surface area contributed by atoms with Gasteiger partial charge in [-0.05, 0) is 37.7 Å². The van der Waals surface area contributed by atoms with Crippen LogP contribution in [0.1, 0.15) is 50.6 Å². The van der Waals surface area contributed by atoms with Gasteiger partial charge in [-0.2, -0.15) is 0 Å². The maximum atomic E-state index is 14.0. The predicted octanol–water partition coefficient (Wildman–Crippen LogP) is 4.47. The number of β-lactam (4-membered cyclic amide) rings is 1. The van der Waals surface area contributed by atoms with Crippen molar-refractivity contribution < 1.29 is 38.3 Å². The number of benzene rings is 2. The van der Waals surface area contributed by atoms with Crippen LogP contribution in [0.4, 0.5) is 5.13 Å². The van der Waals surface area contributed by atoms with Crippen molar-refractivity contribution in [1.29, 1.82) is 0 Å². The van der Waals surface area contributed by atoms with Crippen molar-refractivity contribution in [1.82, 2.24) is 15.2 Å². The average Bonchev–Trinajstić information content (AvgIpc) is 3.56. The van der Waals surface area contributed by atoms with E-state index < -0.39 is 53.5 Å². The summed E-state index contributed by atoms with van der Waals surface area (Å²) in [6.07, 6.45) is -0.287. The molecule has 2 aromatic carbocycles. The minimum atomic E-state index is -1.02. The summed E-state index contributed by atoms with van der Waals surface area (Å²) in [4.78, 5) is 76.0. The van der Waals surface area contributed by atoms with Crippen molar-refractivity contribution in [3.63, 3.8) is 0 Å². The molecule has 0 spiro atoms. The second-order valence-corrected chi connectivity index (χ2v) is 15.1. The minimum Gasteiger partial charge on any atom is -0.457 e. The fourth-order valence-electron chi connectivity index (χ4n) is 5.05. The number of oxime groups is 1. The molecule has 2 aliphatic heterocycles. The second-order valence-electron chi connectivity index (χ2n) is 11.8. The van der Waals surface area contributed by atoms with E-state index in [-0.39, 0.29) is 22.2 Å². The number of thiazole rings is 1. The van der Waals surface area contributed by atoms with Crippen LogP contribution in [0.5, 0.6) is 0 Å². The fourth-order valence-corrected chi connectivity index (χ4v) is 8.10. The van der Waals surface area contributed by atoms with Gasteiger partial charge in [0.05, 0.1) is 0 Å². The lowest BCUT2D eigenvalue weighted by Gasteiger charge is -2.49. The summed E-state index contributed by atoms with van der Waals surface area (Å²) in [5.41, 5.74) is 0.636. The summed E-state index contributed by atoms with van der Waals surface area (Å²) in [6, 6.07) is 17.7. The third-order valence-electron chi connectivity index (χ3n) is 7.06. The Kier molecular flexibility index (Phi) is 12.0. The van der Waals surface area contributed by atoms with Crippen molar-refractivity contribution in [2.24, 2.45) is 5.16 Å². The Morgan fingerprint density at radius 2 is 1.76 bits per heavy atom. The third kappa shape index (κ3) is 8.73. The molecule has 0 radical (unpaired) electrons. The third-order valence-corrected chi connectivity index (χ3v) is 10.3. The van der Waals surface area contributed by atoms with Gasteiger partial charge in [0.25, 0.3) is 11.8 Å². The van der Waals surface area contributed by atoms with Gasteiger partial charge in [-0.15, -0.1) is 34.9 Å². The number of rotatable bonds is 14. The van der Waals surface area contributed by atoms with E-state index in [0.717, 1.165) is 22.5 Å². The number of nitrogens with one attached hydrogen (secondary N) is 2. The normalized spacial score (nSPS) is 17.4. The molecule has 13 nitrogen and oxygen atoms in total. The predicted molar refractivity (Wildman–Crippen MR) is 191 cm³/mol. The monoisotopic (exact) mass is 737 g/mol. The molecule has 262 valence electrons. The zero-order valence-corrected chi connectivity index (χ0v) is 30.1. The van der Waals surface area contributed by atoms with Crippen LogP contribution in [0.25, 0.3) is 0 Å². The van der Waals surface area contributed by atoms with Gasteiger partial charge < -0.3 is 24.9 Å². The molecule has 3 aromatic rings. The largest absolute Gasteiger partial charge is 0.457 e. The van der Waals surface area contributed by atoms with E-state index in [9.17, 15) is 24.0 Å². The molecule has 2 atom stereocenters. The lowest BCUT2D eigenvalue weighted by Crippen LogP contribution is -2.71. The lowest BCUT2D eigenvalue weighted by atomic mass is 10.0. The topological polar surface area (TPSA) is 166 Å².